The van der Waals surface area contributed by atoms with E-state index in [2.05, 4.69) is 24.2 Å². The molecule has 1 N–H and O–H groups in total. The SMILES string of the molecule is C[C@@H](NCC1CCN(C)CC1)c1ccco1. The van der Waals surface area contributed by atoms with Crippen molar-refractivity contribution >= 4 is 0 Å². The van der Waals surface area contributed by atoms with Crippen LogP contribution in [0.3, 0.4) is 0 Å². The maximum atomic E-state index is 5.38. The zero-order valence-corrected chi connectivity index (χ0v) is 10.3. The summed E-state index contributed by atoms with van der Waals surface area (Å²) in [6.45, 7) is 5.74. The topological polar surface area (TPSA) is 28.4 Å². The number of hydrogen-bond donors (Lipinski definition) is 1. The molecule has 3 heteroatoms. The van der Waals surface area contributed by atoms with Gasteiger partial charge in [-0.2, -0.15) is 0 Å². The lowest BCUT2D eigenvalue weighted by Gasteiger charge is -2.29. The zero-order chi connectivity index (χ0) is 11.4. The van der Waals surface area contributed by atoms with Gasteiger partial charge in [-0.15, -0.1) is 0 Å². The van der Waals surface area contributed by atoms with Crippen molar-refractivity contribution in [2.75, 3.05) is 26.7 Å². The molecular weight excluding hydrogens is 200 g/mol. The average Bonchev–Trinajstić information content (AvgIpc) is 2.81. The average molecular weight is 222 g/mol. The third kappa shape index (κ3) is 3.09. The summed E-state index contributed by atoms with van der Waals surface area (Å²) in [6, 6.07) is 4.31. The third-order valence-electron chi connectivity index (χ3n) is 3.52. The molecule has 0 spiro atoms. The van der Waals surface area contributed by atoms with Gasteiger partial charge in [0.15, 0.2) is 0 Å². The van der Waals surface area contributed by atoms with E-state index in [0.29, 0.717) is 6.04 Å². The summed E-state index contributed by atoms with van der Waals surface area (Å²) in [6.07, 6.45) is 4.37. The van der Waals surface area contributed by atoms with Gasteiger partial charge < -0.3 is 14.6 Å². The highest BCUT2D eigenvalue weighted by molar-refractivity contribution is 5.02. The minimum absolute atomic E-state index is 0.328. The molecule has 0 radical (unpaired) electrons. The van der Waals surface area contributed by atoms with Crippen LogP contribution >= 0.6 is 0 Å². The lowest BCUT2D eigenvalue weighted by atomic mass is 9.97. The predicted octanol–water partition coefficient (Wildman–Crippen LogP) is 2.27. The summed E-state index contributed by atoms with van der Waals surface area (Å²) in [4.78, 5) is 2.41. The number of nitrogens with zero attached hydrogens (tertiary/aromatic N) is 1. The first-order valence-corrected chi connectivity index (χ1v) is 6.21. The van der Waals surface area contributed by atoms with E-state index in [-0.39, 0.29) is 0 Å². The van der Waals surface area contributed by atoms with E-state index in [1.807, 2.05) is 12.1 Å². The summed E-state index contributed by atoms with van der Waals surface area (Å²) >= 11 is 0. The van der Waals surface area contributed by atoms with Gasteiger partial charge in [-0.3, -0.25) is 0 Å². The molecule has 90 valence electrons. The predicted molar refractivity (Wildman–Crippen MR) is 65.3 cm³/mol. The Hall–Kier alpha value is -0.800. The second-order valence-electron chi connectivity index (χ2n) is 4.89. The molecule has 0 aliphatic carbocycles. The van der Waals surface area contributed by atoms with Gasteiger partial charge >= 0.3 is 0 Å². The van der Waals surface area contributed by atoms with Crippen LogP contribution in [0.2, 0.25) is 0 Å². The molecule has 1 aromatic rings. The van der Waals surface area contributed by atoms with E-state index in [9.17, 15) is 0 Å². The fraction of sp³-hybridized carbons (Fsp3) is 0.692. The number of furan rings is 1. The van der Waals surface area contributed by atoms with E-state index >= 15 is 0 Å². The van der Waals surface area contributed by atoms with Gasteiger partial charge in [0.05, 0.1) is 12.3 Å². The monoisotopic (exact) mass is 222 g/mol. The van der Waals surface area contributed by atoms with Crippen molar-refractivity contribution in [1.82, 2.24) is 10.2 Å². The molecule has 1 saturated heterocycles. The number of piperidine rings is 1. The second kappa shape index (κ2) is 5.51. The van der Waals surface area contributed by atoms with Gasteiger partial charge in [0, 0.05) is 0 Å². The van der Waals surface area contributed by atoms with Gasteiger partial charge in [-0.05, 0) is 64.5 Å². The molecule has 0 saturated carbocycles. The van der Waals surface area contributed by atoms with Crippen molar-refractivity contribution < 1.29 is 4.42 Å². The van der Waals surface area contributed by atoms with Gasteiger partial charge in [-0.1, -0.05) is 0 Å². The van der Waals surface area contributed by atoms with E-state index in [1.165, 1.54) is 25.9 Å². The number of hydrogen-bond acceptors (Lipinski definition) is 3. The fourth-order valence-electron chi connectivity index (χ4n) is 2.25. The molecule has 0 amide bonds. The molecule has 1 aliphatic rings. The molecule has 1 aliphatic heterocycles. The van der Waals surface area contributed by atoms with Gasteiger partial charge in [-0.25, -0.2) is 0 Å². The van der Waals surface area contributed by atoms with Crippen molar-refractivity contribution in [3.05, 3.63) is 24.2 Å². The summed E-state index contributed by atoms with van der Waals surface area (Å²) in [5.74, 6) is 1.86. The molecule has 0 unspecified atom stereocenters. The van der Waals surface area contributed by atoms with Crippen LogP contribution < -0.4 is 5.32 Å². The first-order valence-electron chi connectivity index (χ1n) is 6.21. The molecule has 2 heterocycles. The molecule has 1 aromatic heterocycles. The number of likely N-dealkylation sites (tertiary alicyclic amines) is 1. The summed E-state index contributed by atoms with van der Waals surface area (Å²) in [7, 11) is 2.20. The smallest absolute Gasteiger partial charge is 0.120 e. The Labute approximate surface area is 97.8 Å². The van der Waals surface area contributed by atoms with Crippen molar-refractivity contribution in [1.29, 1.82) is 0 Å². The lowest BCUT2D eigenvalue weighted by Crippen LogP contribution is -2.35. The molecule has 0 aromatic carbocycles. The molecular formula is C13H22N2O. The Morgan fingerprint density at radius 1 is 1.50 bits per heavy atom. The Morgan fingerprint density at radius 3 is 2.88 bits per heavy atom. The van der Waals surface area contributed by atoms with Crippen molar-refractivity contribution in [2.24, 2.45) is 5.92 Å². The van der Waals surface area contributed by atoms with Crippen molar-refractivity contribution in [3.8, 4) is 0 Å². The highest BCUT2D eigenvalue weighted by Gasteiger charge is 2.17. The van der Waals surface area contributed by atoms with Crippen LogP contribution in [0.4, 0.5) is 0 Å². The summed E-state index contributed by atoms with van der Waals surface area (Å²) < 4.78 is 5.38. The lowest BCUT2D eigenvalue weighted by molar-refractivity contribution is 0.212. The third-order valence-corrected chi connectivity index (χ3v) is 3.52. The Balaban J connectivity index is 1.71. The van der Waals surface area contributed by atoms with Gasteiger partial charge in [0.1, 0.15) is 5.76 Å². The number of rotatable bonds is 4. The van der Waals surface area contributed by atoms with E-state index in [4.69, 9.17) is 4.42 Å². The van der Waals surface area contributed by atoms with Gasteiger partial charge in [0.2, 0.25) is 0 Å². The Bertz CT molecular complexity index is 289. The maximum Gasteiger partial charge on any atom is 0.120 e. The van der Waals surface area contributed by atoms with Crippen molar-refractivity contribution in [3.63, 3.8) is 0 Å². The minimum Gasteiger partial charge on any atom is -0.468 e. The maximum absolute atomic E-state index is 5.38. The van der Waals surface area contributed by atoms with Crippen LogP contribution in [-0.2, 0) is 0 Å². The Kier molecular flexibility index (Phi) is 4.02. The standard InChI is InChI=1S/C13H22N2O/c1-11(13-4-3-9-16-13)14-10-12-5-7-15(2)8-6-12/h3-4,9,11-12,14H,5-8,10H2,1-2H3/t11-/m1/s1. The second-order valence-corrected chi connectivity index (χ2v) is 4.89. The van der Waals surface area contributed by atoms with Crippen LogP contribution in [0.1, 0.15) is 31.6 Å². The molecule has 0 bridgehead atoms. The molecule has 16 heavy (non-hydrogen) atoms. The van der Waals surface area contributed by atoms with Crippen LogP contribution in [0.25, 0.3) is 0 Å². The largest absolute Gasteiger partial charge is 0.468 e. The molecule has 3 nitrogen and oxygen atoms in total. The molecule has 1 atom stereocenters. The number of nitrogens with one attached hydrogen (secondary N) is 1. The fourth-order valence-corrected chi connectivity index (χ4v) is 2.25. The Morgan fingerprint density at radius 2 is 2.25 bits per heavy atom. The zero-order valence-electron chi connectivity index (χ0n) is 10.3. The van der Waals surface area contributed by atoms with Crippen LogP contribution in [-0.4, -0.2) is 31.6 Å². The van der Waals surface area contributed by atoms with Crippen LogP contribution in [0, 0.1) is 5.92 Å². The highest BCUT2D eigenvalue weighted by atomic mass is 16.3. The molecule has 2 rings (SSSR count). The first-order chi connectivity index (χ1) is 7.75. The van der Waals surface area contributed by atoms with Crippen LogP contribution in [0.5, 0.6) is 0 Å². The van der Waals surface area contributed by atoms with E-state index in [1.54, 1.807) is 6.26 Å². The van der Waals surface area contributed by atoms with Gasteiger partial charge in [0.25, 0.3) is 0 Å². The highest BCUT2D eigenvalue weighted by Crippen LogP contribution is 2.17. The first kappa shape index (κ1) is 11.7. The molecule has 1 fully saturated rings. The van der Waals surface area contributed by atoms with E-state index < -0.39 is 0 Å². The van der Waals surface area contributed by atoms with Crippen molar-refractivity contribution in [2.45, 2.75) is 25.8 Å². The van der Waals surface area contributed by atoms with Crippen LogP contribution in [0.15, 0.2) is 22.8 Å². The van der Waals surface area contributed by atoms with E-state index in [0.717, 1.165) is 18.2 Å². The minimum atomic E-state index is 0.328. The summed E-state index contributed by atoms with van der Waals surface area (Å²) in [5, 5.41) is 3.56. The quantitative estimate of drug-likeness (QED) is 0.847. The normalized spacial score (nSPS) is 21.1. The summed E-state index contributed by atoms with van der Waals surface area (Å²) in [5.41, 5.74) is 0.